The van der Waals surface area contributed by atoms with Crippen molar-refractivity contribution in [1.29, 1.82) is 0 Å². The second-order valence-corrected chi connectivity index (χ2v) is 17.9. The van der Waals surface area contributed by atoms with Gasteiger partial charge < -0.3 is 0 Å². The Balaban J connectivity index is 2.20. The summed E-state index contributed by atoms with van der Waals surface area (Å²) in [5.74, 6) is 0. The average Bonchev–Trinajstić information content (AvgIpc) is 2.91. The molecule has 0 N–H and O–H groups in total. The molecule has 0 atom stereocenters. The Kier molecular flexibility index (Phi) is 5.39. The Labute approximate surface area is 180 Å². The van der Waals surface area contributed by atoms with Crippen molar-refractivity contribution in [3.05, 3.63) is 111 Å². The van der Waals surface area contributed by atoms with Crippen molar-refractivity contribution in [3.8, 4) is 0 Å². The van der Waals surface area contributed by atoms with Gasteiger partial charge in [0.1, 0.15) is 0 Å². The van der Waals surface area contributed by atoms with E-state index in [1.807, 2.05) is 0 Å². The quantitative estimate of drug-likeness (QED) is 0.467. The number of rotatable bonds is 4. The van der Waals surface area contributed by atoms with E-state index in [2.05, 4.69) is 126 Å². The molecule has 3 aromatic carbocycles. The van der Waals surface area contributed by atoms with E-state index in [1.54, 1.807) is 3.28 Å². The van der Waals surface area contributed by atoms with Gasteiger partial charge in [-0.25, -0.2) is 0 Å². The molecule has 1 aliphatic rings. The van der Waals surface area contributed by atoms with Gasteiger partial charge in [-0.1, -0.05) is 0 Å². The second kappa shape index (κ2) is 7.69. The normalized spacial score (nSPS) is 16.4. The number of benzene rings is 3. The van der Waals surface area contributed by atoms with Crippen LogP contribution in [0, 0.1) is 5.41 Å². The fourth-order valence-corrected chi connectivity index (χ4v) is 19.6. The fraction of sp³-hybridized carbons (Fsp3) is 0.214. The summed E-state index contributed by atoms with van der Waals surface area (Å²) in [6.45, 7) is 11.9. The molecule has 0 saturated heterocycles. The molecule has 3 aromatic rings. The molecule has 1 aliphatic carbocycles. The molecule has 0 fully saturated rings. The molecular weight excluding hydrogens is 428 g/mol. The van der Waals surface area contributed by atoms with Gasteiger partial charge >= 0.3 is 181 Å². The van der Waals surface area contributed by atoms with Gasteiger partial charge in [0, 0.05) is 0 Å². The molecule has 0 saturated carbocycles. The van der Waals surface area contributed by atoms with Gasteiger partial charge in [-0.2, -0.15) is 0 Å². The zero-order valence-corrected chi connectivity index (χ0v) is 20.6. The molecule has 0 aliphatic heterocycles. The van der Waals surface area contributed by atoms with E-state index in [0.29, 0.717) is 0 Å². The molecule has 146 valence electrons. The van der Waals surface area contributed by atoms with Crippen LogP contribution in [0.2, 0.25) is 0 Å². The van der Waals surface area contributed by atoms with Crippen LogP contribution < -0.4 is 9.81 Å². The van der Waals surface area contributed by atoms with Crippen LogP contribution in [0.4, 0.5) is 0 Å². The Morgan fingerprint density at radius 3 is 1.14 bits per heavy atom. The summed E-state index contributed by atoms with van der Waals surface area (Å²) >= 11 is -3.51. The van der Waals surface area contributed by atoms with Crippen LogP contribution in [-0.4, -0.2) is 0 Å². The standard InChI is InChI=1S/C10H15.3C6H5.Zr/c1-7-6-10(4,5)9(3)8(7)2;3*1-2-4-6-5-3-1;/h1-5H3;3*1-5H;. The topological polar surface area (TPSA) is 0 Å². The third-order valence-electron chi connectivity index (χ3n) is 7.06. The first-order valence-electron chi connectivity index (χ1n) is 10.5. The molecule has 1 heteroatoms. The molecule has 0 aromatic heterocycles. The molecule has 4 rings (SSSR count). The number of hydrogen-bond donors (Lipinski definition) is 0. The minimum atomic E-state index is -3.51. The van der Waals surface area contributed by atoms with Crippen LogP contribution in [0.25, 0.3) is 0 Å². The van der Waals surface area contributed by atoms with E-state index in [0.717, 1.165) is 0 Å². The van der Waals surface area contributed by atoms with Crippen molar-refractivity contribution in [2.24, 2.45) is 5.41 Å². The zero-order chi connectivity index (χ0) is 20.6. The van der Waals surface area contributed by atoms with Crippen molar-refractivity contribution >= 4 is 9.81 Å². The maximum atomic E-state index is 2.44. The fourth-order valence-electron chi connectivity index (χ4n) is 5.34. The van der Waals surface area contributed by atoms with Crippen molar-refractivity contribution in [2.45, 2.75) is 34.6 Å². The van der Waals surface area contributed by atoms with Gasteiger partial charge in [0.15, 0.2) is 0 Å². The van der Waals surface area contributed by atoms with Crippen LogP contribution in [0.3, 0.4) is 0 Å². The van der Waals surface area contributed by atoms with Crippen molar-refractivity contribution in [3.63, 3.8) is 0 Å². The first-order valence-corrected chi connectivity index (χ1v) is 15.4. The first-order chi connectivity index (χ1) is 13.9. The molecule has 0 nitrogen and oxygen atoms in total. The Morgan fingerprint density at radius 2 is 0.862 bits per heavy atom. The number of hydrogen-bond acceptors (Lipinski definition) is 0. The predicted octanol–water partition coefficient (Wildman–Crippen LogP) is 5.77. The van der Waals surface area contributed by atoms with E-state index in [4.69, 9.17) is 0 Å². The van der Waals surface area contributed by atoms with Gasteiger partial charge in [0.2, 0.25) is 0 Å². The van der Waals surface area contributed by atoms with E-state index >= 15 is 0 Å². The summed E-state index contributed by atoms with van der Waals surface area (Å²) in [6.07, 6.45) is 0. The Hall–Kier alpha value is -1.98. The second-order valence-electron chi connectivity index (χ2n) is 8.72. The van der Waals surface area contributed by atoms with Crippen LogP contribution in [-0.2, 0) is 20.3 Å². The molecule has 0 spiro atoms. The Morgan fingerprint density at radius 1 is 0.517 bits per heavy atom. The third kappa shape index (κ3) is 3.06. The van der Waals surface area contributed by atoms with Crippen LogP contribution in [0.15, 0.2) is 111 Å². The third-order valence-corrected chi connectivity index (χ3v) is 20.2. The van der Waals surface area contributed by atoms with E-state index in [-0.39, 0.29) is 5.41 Å². The first kappa shape index (κ1) is 20.3. The monoisotopic (exact) mass is 456 g/mol. The minimum absolute atomic E-state index is 0.0613. The van der Waals surface area contributed by atoms with E-state index < -0.39 is 20.3 Å². The molecule has 0 unspecified atom stereocenters. The van der Waals surface area contributed by atoms with Crippen LogP contribution >= 0.6 is 0 Å². The van der Waals surface area contributed by atoms with Gasteiger partial charge in [-0.3, -0.25) is 0 Å². The van der Waals surface area contributed by atoms with E-state index in [1.165, 1.54) is 26.5 Å². The van der Waals surface area contributed by atoms with Crippen molar-refractivity contribution in [2.75, 3.05) is 0 Å². The summed E-state index contributed by atoms with van der Waals surface area (Å²) in [4.78, 5) is 0. The molecule has 29 heavy (non-hydrogen) atoms. The van der Waals surface area contributed by atoms with Gasteiger partial charge in [-0.05, 0) is 0 Å². The summed E-state index contributed by atoms with van der Waals surface area (Å²) in [5.41, 5.74) is 4.58. The SMILES string of the molecule is CC1=C(C)C(C)(C)[C]([Zr]([c]2ccccc2)([c]2ccccc2)[c]2ccccc2)=C1C. The molecule has 0 amide bonds. The van der Waals surface area contributed by atoms with Crippen molar-refractivity contribution in [1.82, 2.24) is 0 Å². The van der Waals surface area contributed by atoms with Gasteiger partial charge in [0.05, 0.1) is 0 Å². The molecule has 0 heterocycles. The van der Waals surface area contributed by atoms with Gasteiger partial charge in [-0.15, -0.1) is 0 Å². The summed E-state index contributed by atoms with van der Waals surface area (Å²) < 4.78 is 6.29. The van der Waals surface area contributed by atoms with Crippen molar-refractivity contribution < 1.29 is 20.3 Å². The average molecular weight is 458 g/mol. The predicted molar refractivity (Wildman–Crippen MR) is 123 cm³/mol. The Bertz CT molecular complexity index is 974. The number of allylic oxidation sites excluding steroid dienone is 4. The maximum absolute atomic E-state index is 3.51. The summed E-state index contributed by atoms with van der Waals surface area (Å²) in [5, 5.41) is 0. The summed E-state index contributed by atoms with van der Waals surface area (Å²) in [6, 6.07) is 34.1. The van der Waals surface area contributed by atoms with Crippen LogP contribution in [0.1, 0.15) is 34.6 Å². The molecule has 0 bridgehead atoms. The molecular formula is C28H30Zr. The summed E-state index contributed by atoms with van der Waals surface area (Å²) in [7, 11) is 0. The van der Waals surface area contributed by atoms with Crippen LogP contribution in [0.5, 0.6) is 0 Å². The van der Waals surface area contributed by atoms with Gasteiger partial charge in [0.25, 0.3) is 0 Å². The molecule has 0 radical (unpaired) electrons. The van der Waals surface area contributed by atoms with E-state index in [9.17, 15) is 0 Å². The zero-order valence-electron chi connectivity index (χ0n) is 18.2.